The predicted octanol–water partition coefficient (Wildman–Crippen LogP) is 3.01. The molecule has 82 valence electrons. The summed E-state index contributed by atoms with van der Waals surface area (Å²) in [6.45, 7) is 2.13. The molecule has 1 N–H and O–H groups in total. The highest BCUT2D eigenvalue weighted by Gasteiger charge is 2.03. The zero-order valence-electron chi connectivity index (χ0n) is 8.50. The summed E-state index contributed by atoms with van der Waals surface area (Å²) in [6, 6.07) is 6.66. The quantitative estimate of drug-likeness (QED) is 0.778. The van der Waals surface area contributed by atoms with Crippen molar-refractivity contribution in [3.05, 3.63) is 41.2 Å². The van der Waals surface area contributed by atoms with E-state index in [-0.39, 0.29) is 18.2 Å². The molecule has 1 fully saturated rings. The van der Waals surface area contributed by atoms with E-state index in [1.807, 2.05) is 12.1 Å². The molecule has 0 aliphatic carbocycles. The van der Waals surface area contributed by atoms with Gasteiger partial charge in [-0.2, -0.15) is 0 Å². The van der Waals surface area contributed by atoms with Crippen molar-refractivity contribution in [3.63, 3.8) is 0 Å². The Morgan fingerprint density at radius 3 is 2.27 bits per heavy atom. The lowest BCUT2D eigenvalue weighted by atomic mass is 10.0. The average Bonchev–Trinajstić information content (AvgIpc) is 2.23. The Bertz CT molecular complexity index is 324. The van der Waals surface area contributed by atoms with Crippen LogP contribution in [0.2, 0.25) is 0 Å². The van der Waals surface area contributed by atoms with Gasteiger partial charge < -0.3 is 5.32 Å². The van der Waals surface area contributed by atoms with Gasteiger partial charge in [0.05, 0.1) is 0 Å². The van der Waals surface area contributed by atoms with Crippen LogP contribution in [0.3, 0.4) is 0 Å². The first kappa shape index (κ1) is 12.2. The van der Waals surface area contributed by atoms with Gasteiger partial charge in [-0.1, -0.05) is 23.8 Å². The first-order valence-electron chi connectivity index (χ1n) is 5.00. The molecule has 2 rings (SSSR count). The van der Waals surface area contributed by atoms with Crippen LogP contribution in [0, 0.1) is 5.82 Å². The van der Waals surface area contributed by atoms with Crippen LogP contribution in [-0.2, 0) is 0 Å². The van der Waals surface area contributed by atoms with Gasteiger partial charge in [-0.3, -0.25) is 0 Å². The summed E-state index contributed by atoms with van der Waals surface area (Å²) in [6.07, 6.45) is 4.38. The van der Waals surface area contributed by atoms with E-state index in [0.717, 1.165) is 31.5 Å². The van der Waals surface area contributed by atoms with E-state index in [1.54, 1.807) is 0 Å². The average molecular weight is 228 g/mol. The highest BCUT2D eigenvalue weighted by molar-refractivity contribution is 5.85. The molecule has 0 aromatic heterocycles. The molecular formula is C12H15ClFN. The van der Waals surface area contributed by atoms with Gasteiger partial charge in [-0.05, 0) is 43.6 Å². The molecule has 1 aliphatic rings. The van der Waals surface area contributed by atoms with Crippen LogP contribution < -0.4 is 5.32 Å². The lowest BCUT2D eigenvalue weighted by Gasteiger charge is -2.15. The zero-order valence-corrected chi connectivity index (χ0v) is 9.32. The molecule has 1 aliphatic heterocycles. The van der Waals surface area contributed by atoms with Gasteiger partial charge in [0, 0.05) is 0 Å². The van der Waals surface area contributed by atoms with E-state index >= 15 is 0 Å². The van der Waals surface area contributed by atoms with Crippen molar-refractivity contribution in [2.75, 3.05) is 13.1 Å². The second kappa shape index (κ2) is 5.89. The minimum Gasteiger partial charge on any atom is -0.316 e. The van der Waals surface area contributed by atoms with Gasteiger partial charge in [0.2, 0.25) is 0 Å². The molecule has 0 amide bonds. The molecule has 1 heterocycles. The van der Waals surface area contributed by atoms with Crippen LogP contribution in [-0.4, -0.2) is 13.1 Å². The summed E-state index contributed by atoms with van der Waals surface area (Å²) < 4.78 is 12.6. The summed E-state index contributed by atoms with van der Waals surface area (Å²) in [5.74, 6) is -0.169. The van der Waals surface area contributed by atoms with Crippen molar-refractivity contribution in [3.8, 4) is 0 Å². The van der Waals surface area contributed by atoms with Gasteiger partial charge >= 0.3 is 0 Å². The molecule has 3 heteroatoms. The topological polar surface area (TPSA) is 12.0 Å². The maximum Gasteiger partial charge on any atom is 0.123 e. The molecule has 0 bridgehead atoms. The fraction of sp³-hybridized carbons (Fsp3) is 0.333. The van der Waals surface area contributed by atoms with Gasteiger partial charge in [0.15, 0.2) is 0 Å². The van der Waals surface area contributed by atoms with Crippen LogP contribution in [0.1, 0.15) is 18.4 Å². The number of piperidine rings is 1. The van der Waals surface area contributed by atoms with E-state index in [1.165, 1.54) is 17.7 Å². The maximum absolute atomic E-state index is 12.6. The first-order valence-corrected chi connectivity index (χ1v) is 5.00. The van der Waals surface area contributed by atoms with Crippen molar-refractivity contribution in [2.24, 2.45) is 0 Å². The van der Waals surface area contributed by atoms with Gasteiger partial charge in [-0.15, -0.1) is 12.4 Å². The lowest BCUT2D eigenvalue weighted by Crippen LogP contribution is -2.22. The maximum atomic E-state index is 12.6. The van der Waals surface area contributed by atoms with Crippen molar-refractivity contribution >= 4 is 18.5 Å². The molecule has 1 aromatic carbocycles. The standard InChI is InChI=1S/C12H14FN.ClH/c13-12-3-1-10(2-4-12)9-11-5-7-14-8-6-11;/h1-4,9,14H,5-8H2;1H. The highest BCUT2D eigenvalue weighted by Crippen LogP contribution is 2.15. The predicted molar refractivity (Wildman–Crippen MR) is 63.7 cm³/mol. The molecule has 0 unspecified atom stereocenters. The van der Waals surface area contributed by atoms with E-state index in [9.17, 15) is 4.39 Å². The zero-order chi connectivity index (χ0) is 9.80. The Labute approximate surface area is 95.8 Å². The van der Waals surface area contributed by atoms with Crippen molar-refractivity contribution < 1.29 is 4.39 Å². The first-order chi connectivity index (χ1) is 6.84. The third-order valence-electron chi connectivity index (χ3n) is 2.49. The Balaban J connectivity index is 0.00000112. The van der Waals surface area contributed by atoms with Crippen molar-refractivity contribution in [2.45, 2.75) is 12.8 Å². The molecule has 0 atom stereocenters. The third-order valence-corrected chi connectivity index (χ3v) is 2.49. The molecule has 1 aromatic rings. The molecule has 1 nitrogen and oxygen atoms in total. The second-order valence-electron chi connectivity index (χ2n) is 3.60. The van der Waals surface area contributed by atoms with Crippen molar-refractivity contribution in [1.82, 2.24) is 5.32 Å². The summed E-state index contributed by atoms with van der Waals surface area (Å²) in [5, 5.41) is 3.31. The Morgan fingerprint density at radius 2 is 1.67 bits per heavy atom. The van der Waals surface area contributed by atoms with Crippen LogP contribution in [0.15, 0.2) is 29.8 Å². The summed E-state index contributed by atoms with van der Waals surface area (Å²) >= 11 is 0. The van der Waals surface area contributed by atoms with Crippen LogP contribution in [0.4, 0.5) is 4.39 Å². The Hall–Kier alpha value is -0.860. The Kier molecular flexibility index (Phi) is 4.79. The highest BCUT2D eigenvalue weighted by atomic mass is 35.5. The normalized spacial score (nSPS) is 15.7. The monoisotopic (exact) mass is 227 g/mol. The molecular weight excluding hydrogens is 213 g/mol. The molecule has 0 spiro atoms. The van der Waals surface area contributed by atoms with Gasteiger partial charge in [0.25, 0.3) is 0 Å². The fourth-order valence-electron chi connectivity index (χ4n) is 1.69. The largest absolute Gasteiger partial charge is 0.316 e. The van der Waals surface area contributed by atoms with E-state index < -0.39 is 0 Å². The summed E-state index contributed by atoms with van der Waals surface area (Å²) in [4.78, 5) is 0. The number of nitrogens with one attached hydrogen (secondary N) is 1. The number of halogens is 2. The molecule has 15 heavy (non-hydrogen) atoms. The SMILES string of the molecule is Cl.Fc1ccc(C=C2CCNCC2)cc1. The van der Waals surface area contributed by atoms with E-state index in [0.29, 0.717) is 0 Å². The van der Waals surface area contributed by atoms with Gasteiger partial charge in [0.1, 0.15) is 5.82 Å². The lowest BCUT2D eigenvalue weighted by molar-refractivity contribution is 0.613. The summed E-state index contributed by atoms with van der Waals surface area (Å²) in [5.41, 5.74) is 2.55. The minimum absolute atomic E-state index is 0. The molecule has 0 saturated carbocycles. The van der Waals surface area contributed by atoms with Crippen LogP contribution >= 0.6 is 12.4 Å². The number of benzene rings is 1. The van der Waals surface area contributed by atoms with Crippen LogP contribution in [0.5, 0.6) is 0 Å². The van der Waals surface area contributed by atoms with E-state index in [2.05, 4.69) is 11.4 Å². The number of hydrogen-bond acceptors (Lipinski definition) is 1. The Morgan fingerprint density at radius 1 is 1.07 bits per heavy atom. The summed E-state index contributed by atoms with van der Waals surface area (Å²) in [7, 11) is 0. The molecule has 0 radical (unpaired) electrons. The number of hydrogen-bond donors (Lipinski definition) is 1. The van der Waals surface area contributed by atoms with Gasteiger partial charge in [-0.25, -0.2) is 4.39 Å². The fourth-order valence-corrected chi connectivity index (χ4v) is 1.69. The second-order valence-corrected chi connectivity index (χ2v) is 3.60. The minimum atomic E-state index is -0.169. The third kappa shape index (κ3) is 3.65. The molecule has 1 saturated heterocycles. The van der Waals surface area contributed by atoms with Crippen LogP contribution in [0.25, 0.3) is 6.08 Å². The van der Waals surface area contributed by atoms with E-state index in [4.69, 9.17) is 0 Å². The number of rotatable bonds is 1. The van der Waals surface area contributed by atoms with Crippen molar-refractivity contribution in [1.29, 1.82) is 0 Å². The smallest absolute Gasteiger partial charge is 0.123 e.